The third-order valence-corrected chi connectivity index (χ3v) is 3.37. The van der Waals surface area contributed by atoms with E-state index in [1.54, 1.807) is 0 Å². The summed E-state index contributed by atoms with van der Waals surface area (Å²) < 4.78 is 0. The highest BCUT2D eigenvalue weighted by Gasteiger charge is 2.30. The lowest BCUT2D eigenvalue weighted by molar-refractivity contribution is 0.165. The molecule has 1 nitrogen and oxygen atoms in total. The van der Waals surface area contributed by atoms with Crippen molar-refractivity contribution in [1.29, 1.82) is 0 Å². The monoisotopic (exact) mass is 169 g/mol. The number of hydrogen-bond acceptors (Lipinski definition) is 1. The highest BCUT2D eigenvalue weighted by atomic mass is 15.0. The third-order valence-electron chi connectivity index (χ3n) is 3.37. The molecule has 1 aliphatic rings. The number of nitrogens with one attached hydrogen (secondary N) is 1. The van der Waals surface area contributed by atoms with Crippen molar-refractivity contribution in [3.8, 4) is 0 Å². The van der Waals surface area contributed by atoms with Crippen molar-refractivity contribution in [3.05, 3.63) is 0 Å². The zero-order valence-corrected chi connectivity index (χ0v) is 8.93. The molecule has 1 saturated heterocycles. The first-order chi connectivity index (χ1) is 5.65. The third kappa shape index (κ3) is 2.22. The second-order valence-corrected chi connectivity index (χ2v) is 4.64. The Kier molecular flexibility index (Phi) is 3.57. The molecule has 3 unspecified atom stereocenters. The van der Waals surface area contributed by atoms with Crippen molar-refractivity contribution in [1.82, 2.24) is 5.32 Å². The van der Waals surface area contributed by atoms with Crippen LogP contribution >= 0.6 is 0 Å². The molecule has 0 aromatic heterocycles. The summed E-state index contributed by atoms with van der Waals surface area (Å²) in [6.07, 6.45) is 2.71. The van der Waals surface area contributed by atoms with E-state index in [4.69, 9.17) is 0 Å². The lowest BCUT2D eigenvalue weighted by Gasteiger charge is -2.40. The molecule has 0 bridgehead atoms. The Balaban J connectivity index is 2.23. The van der Waals surface area contributed by atoms with E-state index in [1.165, 1.54) is 19.4 Å². The summed E-state index contributed by atoms with van der Waals surface area (Å²) in [5.41, 5.74) is 0. The maximum Gasteiger partial charge on any atom is 0.0131 e. The van der Waals surface area contributed by atoms with Crippen LogP contribution in [0.4, 0.5) is 0 Å². The minimum atomic E-state index is 0.805. The smallest absolute Gasteiger partial charge is 0.0131 e. The fourth-order valence-corrected chi connectivity index (χ4v) is 2.20. The van der Waals surface area contributed by atoms with Gasteiger partial charge in [0, 0.05) is 6.04 Å². The minimum absolute atomic E-state index is 0.805. The summed E-state index contributed by atoms with van der Waals surface area (Å²) in [6, 6.07) is 0.805. The van der Waals surface area contributed by atoms with Crippen LogP contribution in [0.3, 0.4) is 0 Å². The summed E-state index contributed by atoms with van der Waals surface area (Å²) in [6.45, 7) is 10.6. The normalized spacial score (nSPS) is 34.0. The standard InChI is InChI=1S/C11H23N/c1-5-8(2)6-9(3)11-10(4)7-12-11/h8-12H,5-7H2,1-4H3/t8?,9?,10?,11-/m1/s1. The molecule has 12 heavy (non-hydrogen) atoms. The van der Waals surface area contributed by atoms with Crippen LogP contribution in [0, 0.1) is 17.8 Å². The Hall–Kier alpha value is -0.0400. The second kappa shape index (κ2) is 4.27. The molecule has 0 amide bonds. The first kappa shape index (κ1) is 10.0. The van der Waals surface area contributed by atoms with E-state index >= 15 is 0 Å². The van der Waals surface area contributed by atoms with Crippen LogP contribution in [-0.4, -0.2) is 12.6 Å². The highest BCUT2D eigenvalue weighted by molar-refractivity contribution is 4.88. The molecule has 1 rings (SSSR count). The average Bonchev–Trinajstić information content (AvgIpc) is 2.01. The number of rotatable bonds is 4. The van der Waals surface area contributed by atoms with Crippen molar-refractivity contribution in [2.75, 3.05) is 6.54 Å². The van der Waals surface area contributed by atoms with Crippen molar-refractivity contribution in [2.45, 2.75) is 46.6 Å². The van der Waals surface area contributed by atoms with Gasteiger partial charge in [-0.2, -0.15) is 0 Å². The van der Waals surface area contributed by atoms with Crippen molar-refractivity contribution >= 4 is 0 Å². The van der Waals surface area contributed by atoms with Crippen LogP contribution in [0.5, 0.6) is 0 Å². The van der Waals surface area contributed by atoms with E-state index in [9.17, 15) is 0 Å². The molecule has 1 N–H and O–H groups in total. The highest BCUT2D eigenvalue weighted by Crippen LogP contribution is 2.26. The topological polar surface area (TPSA) is 12.0 Å². The van der Waals surface area contributed by atoms with E-state index in [2.05, 4.69) is 33.0 Å². The molecular weight excluding hydrogens is 146 g/mol. The number of hydrogen-bond donors (Lipinski definition) is 1. The maximum absolute atomic E-state index is 3.52. The Morgan fingerprint density at radius 3 is 2.42 bits per heavy atom. The van der Waals surface area contributed by atoms with Crippen molar-refractivity contribution < 1.29 is 0 Å². The summed E-state index contributed by atoms with van der Waals surface area (Å²) in [7, 11) is 0. The lowest BCUT2D eigenvalue weighted by atomic mass is 9.79. The molecule has 0 aromatic carbocycles. The van der Waals surface area contributed by atoms with Crippen molar-refractivity contribution in [3.63, 3.8) is 0 Å². The van der Waals surface area contributed by atoms with Gasteiger partial charge in [0.2, 0.25) is 0 Å². The van der Waals surface area contributed by atoms with E-state index in [1.807, 2.05) is 0 Å². The fourth-order valence-electron chi connectivity index (χ4n) is 2.20. The SMILES string of the molecule is CCC(C)CC(C)[C@H]1NCC1C. The first-order valence-electron chi connectivity index (χ1n) is 5.38. The molecule has 0 saturated carbocycles. The molecule has 1 heteroatoms. The van der Waals surface area contributed by atoms with Crippen LogP contribution in [-0.2, 0) is 0 Å². The van der Waals surface area contributed by atoms with Gasteiger partial charge in [0.25, 0.3) is 0 Å². The van der Waals surface area contributed by atoms with E-state index in [0.29, 0.717) is 0 Å². The van der Waals surface area contributed by atoms with Gasteiger partial charge >= 0.3 is 0 Å². The van der Waals surface area contributed by atoms with Gasteiger partial charge in [0.1, 0.15) is 0 Å². The Morgan fingerprint density at radius 2 is 2.08 bits per heavy atom. The zero-order valence-electron chi connectivity index (χ0n) is 8.93. The molecule has 0 aliphatic carbocycles. The molecule has 1 heterocycles. The summed E-state index contributed by atoms with van der Waals surface area (Å²) in [5.74, 6) is 2.67. The van der Waals surface area contributed by atoms with E-state index in [0.717, 1.165) is 23.8 Å². The van der Waals surface area contributed by atoms with Gasteiger partial charge in [-0.05, 0) is 30.7 Å². The van der Waals surface area contributed by atoms with Gasteiger partial charge in [0.15, 0.2) is 0 Å². The summed E-state index contributed by atoms with van der Waals surface area (Å²) in [4.78, 5) is 0. The Morgan fingerprint density at radius 1 is 1.42 bits per heavy atom. The fraction of sp³-hybridized carbons (Fsp3) is 1.00. The first-order valence-corrected chi connectivity index (χ1v) is 5.38. The Labute approximate surface area is 76.9 Å². The van der Waals surface area contributed by atoms with E-state index in [-0.39, 0.29) is 0 Å². The van der Waals surface area contributed by atoms with Gasteiger partial charge in [-0.3, -0.25) is 0 Å². The van der Waals surface area contributed by atoms with Crippen LogP contribution in [0.25, 0.3) is 0 Å². The molecule has 0 radical (unpaired) electrons. The van der Waals surface area contributed by atoms with Gasteiger partial charge in [-0.25, -0.2) is 0 Å². The van der Waals surface area contributed by atoms with Crippen molar-refractivity contribution in [2.24, 2.45) is 17.8 Å². The van der Waals surface area contributed by atoms with Gasteiger partial charge in [-0.1, -0.05) is 34.1 Å². The minimum Gasteiger partial charge on any atom is -0.313 e. The van der Waals surface area contributed by atoms with Crippen LogP contribution < -0.4 is 5.32 Å². The predicted octanol–water partition coefficient (Wildman–Crippen LogP) is 2.67. The molecular formula is C11H23N. The second-order valence-electron chi connectivity index (χ2n) is 4.64. The molecule has 0 aromatic rings. The quantitative estimate of drug-likeness (QED) is 0.682. The Bertz CT molecular complexity index is 133. The van der Waals surface area contributed by atoms with Gasteiger partial charge < -0.3 is 5.32 Å². The summed E-state index contributed by atoms with van der Waals surface area (Å²) >= 11 is 0. The van der Waals surface area contributed by atoms with Crippen LogP contribution in [0.1, 0.15) is 40.5 Å². The molecule has 0 spiro atoms. The molecule has 72 valence electrons. The largest absolute Gasteiger partial charge is 0.313 e. The molecule has 1 fully saturated rings. The van der Waals surface area contributed by atoms with Crippen LogP contribution in [0.15, 0.2) is 0 Å². The van der Waals surface area contributed by atoms with E-state index < -0.39 is 0 Å². The molecule has 4 atom stereocenters. The van der Waals surface area contributed by atoms with Gasteiger partial charge in [-0.15, -0.1) is 0 Å². The summed E-state index contributed by atoms with van der Waals surface area (Å²) in [5, 5.41) is 3.52. The maximum atomic E-state index is 3.52. The van der Waals surface area contributed by atoms with Crippen LogP contribution in [0.2, 0.25) is 0 Å². The molecule has 1 aliphatic heterocycles. The predicted molar refractivity (Wildman–Crippen MR) is 54.2 cm³/mol. The average molecular weight is 169 g/mol. The zero-order chi connectivity index (χ0) is 9.14. The lowest BCUT2D eigenvalue weighted by Crippen LogP contribution is -2.55. The van der Waals surface area contributed by atoms with Gasteiger partial charge in [0.05, 0.1) is 0 Å².